The first-order valence-corrected chi connectivity index (χ1v) is 38.0. The van der Waals surface area contributed by atoms with E-state index < -0.39 is 164 Å². The smallest absolute Gasteiger partial charge is 0.425 e. The third kappa shape index (κ3) is 24.7. The van der Waals surface area contributed by atoms with Crippen molar-refractivity contribution in [1.82, 2.24) is 36.1 Å². The number of carboxylic acid groups (broad SMARTS) is 1. The van der Waals surface area contributed by atoms with Crippen LogP contribution in [0.25, 0.3) is 0 Å². The van der Waals surface area contributed by atoms with Gasteiger partial charge in [0, 0.05) is 141 Å². The number of H-pyrrole nitrogens is 1. The van der Waals surface area contributed by atoms with Crippen molar-refractivity contribution in [3.63, 3.8) is 0 Å². The van der Waals surface area contributed by atoms with Gasteiger partial charge >= 0.3 is 16.6 Å². The van der Waals surface area contributed by atoms with Crippen molar-refractivity contribution < 1.29 is 97.9 Å². The molecule has 7 amide bonds. The topological polar surface area (TPSA) is 466 Å². The molecule has 33 heteroatoms. The second-order valence-corrected chi connectivity index (χ2v) is 30.5. The van der Waals surface area contributed by atoms with E-state index in [-0.39, 0.29) is 72.9 Å². The molecule has 1 aromatic heterocycles. The normalized spacial score (nSPS) is 17.9. The molecule has 105 heavy (non-hydrogen) atoms. The number of Topliss-reactive ketones (excluding diaryl/α,β-unsaturated/α-hetero) is 4. The number of nitrogens with two attached hydrogens (primary N) is 1. The summed E-state index contributed by atoms with van der Waals surface area (Å²) in [6.45, 7) is 18.4. The summed E-state index contributed by atoms with van der Waals surface area (Å²) >= 11 is 1.03. The van der Waals surface area contributed by atoms with Crippen molar-refractivity contribution >= 4 is 120 Å². The second kappa shape index (κ2) is 39.3. The molecule has 572 valence electrons. The number of benzene rings is 2. The van der Waals surface area contributed by atoms with E-state index >= 15 is 0 Å². The number of nitrogens with one attached hydrogen (secondary N) is 5. The SMILES string of the molecule is CCN1C(=CC=CC=CC2=[N+](CCCCCC(=O)NCCN3C(=O)CC(SC[C@@H](CC(C)=O)C(=O)N[C@H](C)C(=O)C[C@H](C)C(=O)N[C@H](C)C(=O)C[C@@H](C(=O)N[C@H](Cc4cnc[nH]4)C(=O)C[C@H](CCC(=O)O)C(N)=O)[C@H](C)O)C3=O)c3ccccc3C2(C)C)C(C)(C)c2cc(S(=O)(=O)[O-])ccc21.O=S(=O)=O. The molecule has 0 spiro atoms. The lowest BCUT2D eigenvalue weighted by Crippen LogP contribution is -2.49. The van der Waals surface area contributed by atoms with Crippen LogP contribution in [0.15, 0.2) is 96.0 Å². The maximum absolute atomic E-state index is 13.7. The van der Waals surface area contributed by atoms with Crippen LogP contribution in [0.3, 0.4) is 0 Å². The molecule has 1 saturated heterocycles. The Kier molecular flexibility index (Phi) is 32.3. The number of rotatable bonds is 41. The number of fused-ring (bicyclic) bond motifs is 2. The van der Waals surface area contributed by atoms with E-state index in [1.807, 2.05) is 57.2 Å². The number of imidazole rings is 1. The number of imide groups is 1. The number of anilines is 1. The number of para-hydroxylation sites is 1. The summed E-state index contributed by atoms with van der Waals surface area (Å²) in [5, 5.41) is 29.4. The summed E-state index contributed by atoms with van der Waals surface area (Å²) in [6, 6.07) is 9.09. The number of carbonyl (C=O) groups is 12. The highest BCUT2D eigenvalue weighted by Gasteiger charge is 2.45. The van der Waals surface area contributed by atoms with Gasteiger partial charge in [0.2, 0.25) is 47.0 Å². The number of aliphatic hydroxyl groups is 1. The first-order valence-electron chi connectivity index (χ1n) is 34.5. The molecule has 0 saturated carbocycles. The number of primary amides is 1. The Morgan fingerprint density at radius 2 is 1.47 bits per heavy atom. The Balaban J connectivity index is 0.00000482. The lowest BCUT2D eigenvalue weighted by atomic mass is 9.81. The summed E-state index contributed by atoms with van der Waals surface area (Å²) < 4.78 is 63.3. The molecule has 30 nitrogen and oxygen atoms in total. The fraction of sp³-hybridized carbons (Fsp3) is 0.528. The minimum absolute atomic E-state index is 0.0248. The van der Waals surface area contributed by atoms with Crippen LogP contribution in [0.1, 0.15) is 157 Å². The van der Waals surface area contributed by atoms with E-state index in [4.69, 9.17) is 23.5 Å². The third-order valence-electron chi connectivity index (χ3n) is 18.8. The number of aliphatic hydroxyl groups excluding tert-OH is 1. The van der Waals surface area contributed by atoms with Crippen molar-refractivity contribution in [3.05, 3.63) is 108 Å². The zero-order valence-corrected chi connectivity index (χ0v) is 63.1. The summed E-state index contributed by atoms with van der Waals surface area (Å²) in [5.41, 5.74) is 11.0. The maximum atomic E-state index is 13.7. The summed E-state index contributed by atoms with van der Waals surface area (Å²) in [4.78, 5) is 166. The molecule has 2 aromatic carbocycles. The number of allylic oxidation sites excluding steroid dienone is 6. The van der Waals surface area contributed by atoms with Crippen LogP contribution < -0.4 is 31.9 Å². The summed E-state index contributed by atoms with van der Waals surface area (Å²) in [7, 11) is -7.74. The van der Waals surface area contributed by atoms with Crippen molar-refractivity contribution in [2.24, 2.45) is 29.4 Å². The Labute approximate surface area is 616 Å². The highest BCUT2D eigenvalue weighted by Crippen LogP contribution is 2.48. The van der Waals surface area contributed by atoms with Gasteiger partial charge in [-0.2, -0.15) is 4.58 Å². The van der Waals surface area contributed by atoms with Gasteiger partial charge < -0.3 is 56.4 Å². The molecule has 0 radical (unpaired) electrons. The van der Waals surface area contributed by atoms with Crippen molar-refractivity contribution in [2.75, 3.05) is 36.8 Å². The van der Waals surface area contributed by atoms with Gasteiger partial charge in [0.25, 0.3) is 0 Å². The van der Waals surface area contributed by atoms with Crippen molar-refractivity contribution in [1.29, 1.82) is 0 Å². The van der Waals surface area contributed by atoms with Crippen LogP contribution in [0.4, 0.5) is 11.4 Å². The zero-order chi connectivity index (χ0) is 78.4. The summed E-state index contributed by atoms with van der Waals surface area (Å²) in [6.07, 6.45) is 10.9. The Hall–Kier alpha value is -9.18. The molecule has 0 bridgehead atoms. The number of likely N-dealkylation sites (N-methyl/N-ethyl adjacent to an activating group) is 1. The molecule has 9 atom stereocenters. The first kappa shape index (κ1) is 86.5. The average Bonchev–Trinajstić information content (AvgIpc) is 1.60. The minimum atomic E-state index is -4.62. The highest BCUT2D eigenvalue weighted by atomic mass is 32.2. The van der Waals surface area contributed by atoms with Crippen molar-refractivity contribution in [3.8, 4) is 0 Å². The van der Waals surface area contributed by atoms with E-state index in [0.717, 1.165) is 57.9 Å². The van der Waals surface area contributed by atoms with Gasteiger partial charge in [-0.05, 0) is 97.6 Å². The molecule has 6 rings (SSSR count). The van der Waals surface area contributed by atoms with Crippen LogP contribution in [0, 0.1) is 23.7 Å². The summed E-state index contributed by atoms with van der Waals surface area (Å²) in [5.74, 6) is -12.6. The number of thioether (sulfide) groups is 1. The molecule has 3 aliphatic rings. The van der Waals surface area contributed by atoms with E-state index in [1.54, 1.807) is 6.07 Å². The van der Waals surface area contributed by atoms with Gasteiger partial charge in [-0.3, -0.25) is 57.6 Å². The van der Waals surface area contributed by atoms with Gasteiger partial charge in [-0.25, -0.2) is 13.4 Å². The Morgan fingerprint density at radius 1 is 0.810 bits per heavy atom. The van der Waals surface area contributed by atoms with Gasteiger partial charge in [0.05, 0.1) is 58.0 Å². The van der Waals surface area contributed by atoms with Crippen molar-refractivity contribution in [2.45, 2.75) is 191 Å². The lowest BCUT2D eigenvalue weighted by molar-refractivity contribution is -0.438. The zero-order valence-electron chi connectivity index (χ0n) is 60.6. The minimum Gasteiger partial charge on any atom is -0.744 e. The van der Waals surface area contributed by atoms with Gasteiger partial charge in [-0.15, -0.1) is 24.4 Å². The largest absolute Gasteiger partial charge is 0.744 e. The van der Waals surface area contributed by atoms with E-state index in [1.165, 1.54) is 64.8 Å². The second-order valence-electron chi connectivity index (χ2n) is 27.4. The first-order chi connectivity index (χ1) is 49.2. The van der Waals surface area contributed by atoms with Crippen LogP contribution in [0.2, 0.25) is 0 Å². The number of amides is 7. The number of aliphatic carboxylic acids is 1. The van der Waals surface area contributed by atoms with Gasteiger partial charge in [0.1, 0.15) is 22.4 Å². The van der Waals surface area contributed by atoms with Crippen LogP contribution in [-0.4, -0.2) is 193 Å². The Bertz CT molecular complexity index is 4110. The number of hydrogen-bond donors (Lipinski definition) is 8. The highest BCUT2D eigenvalue weighted by molar-refractivity contribution is 8.00. The van der Waals surface area contributed by atoms with E-state index in [0.29, 0.717) is 25.2 Å². The number of likely N-dealkylation sites (tertiary alicyclic amines) is 1. The maximum Gasteiger partial charge on any atom is 0.425 e. The number of unbranched alkanes of at least 4 members (excludes halogenated alkanes) is 2. The number of ketones is 4. The number of carboxylic acids is 1. The molecule has 3 aromatic rings. The fourth-order valence-electron chi connectivity index (χ4n) is 12.8. The van der Waals surface area contributed by atoms with Gasteiger partial charge in [-0.1, -0.05) is 57.2 Å². The number of hydrogen-bond acceptors (Lipinski definition) is 22. The number of nitrogens with zero attached hydrogens (tertiary/aromatic N) is 4. The molecule has 1 fully saturated rings. The fourth-order valence-corrected chi connectivity index (χ4v) is 14.6. The predicted molar refractivity (Wildman–Crippen MR) is 386 cm³/mol. The standard InChI is InChI=1S/C72H96N10O17S2.O3S/c1-11-80-56-27-26-50(101(97,98)99)36-53(56)72(9,10)61(80)22-14-12-15-23-62-71(7,8)52-20-17-18-21-55(52)81(62)30-19-13-16-24-63(88)75-29-31-82-64(89)38-60(70(82)96)100-40-48(33-43(3)83)68(94)78-44(4)57(85)32-42(2)67(93)77-45(5)58(86)37-51(46(6)84)69(95)79-54(35-49-39-74-41-76-49)59(87)34-47(66(73)92)25-28-65(90)91;1-4(2)3/h12,14-15,17-18,20-23,26-27,36,39,41-42,44-48,51,54,60,84H,11,13,16,19,24-25,28-35,37-38,40H2,1-10H3,(H8-,73,74,75,76,77,78,79,88,90,91,92,93,94,95,97,98,99);/t42-,44+,45+,46-,47-,48+,51+,54+,60?;/m0./s1. The average molecular weight is 1520 g/mol. The van der Waals surface area contributed by atoms with Crippen LogP contribution in [0.5, 0.6) is 0 Å². The molecule has 3 aliphatic heterocycles. The van der Waals surface area contributed by atoms with Crippen LogP contribution >= 0.6 is 11.8 Å². The quantitative estimate of drug-likeness (QED) is 0.0131. The monoisotopic (exact) mass is 1520 g/mol. The van der Waals surface area contributed by atoms with Crippen LogP contribution in [-0.2, 0) is 95.5 Å². The predicted octanol–water partition coefficient (Wildman–Crippen LogP) is 3.85. The molecular weight excluding hydrogens is 1420 g/mol. The molecule has 4 heterocycles. The number of aromatic nitrogens is 2. The lowest BCUT2D eigenvalue weighted by Gasteiger charge is -2.25. The molecule has 0 aliphatic carbocycles. The number of carbonyl (C=O) groups excluding carboxylic acids is 11. The van der Waals surface area contributed by atoms with Gasteiger partial charge in [0.15, 0.2) is 23.1 Å². The van der Waals surface area contributed by atoms with E-state index in [2.05, 4.69) is 72.8 Å². The molecule has 9 N–H and O–H groups in total. The molecular formula is C72H96N10O20S3. The Morgan fingerprint density at radius 3 is 2.08 bits per heavy atom. The third-order valence-corrected chi connectivity index (χ3v) is 21.0. The number of aromatic amines is 1. The molecule has 1 unspecified atom stereocenters. The van der Waals surface area contributed by atoms with E-state index in [9.17, 15) is 75.6 Å².